The van der Waals surface area contributed by atoms with Gasteiger partial charge in [-0.2, -0.15) is 5.10 Å². The Morgan fingerprint density at radius 1 is 1.00 bits per heavy atom. The number of amides is 1. The molecule has 33 heavy (non-hydrogen) atoms. The van der Waals surface area contributed by atoms with Crippen molar-refractivity contribution in [3.63, 3.8) is 0 Å². The van der Waals surface area contributed by atoms with Gasteiger partial charge in [0.25, 0.3) is 5.91 Å². The molecule has 8 nitrogen and oxygen atoms in total. The summed E-state index contributed by atoms with van der Waals surface area (Å²) in [6.07, 6.45) is 1.80. The molecule has 0 saturated heterocycles. The van der Waals surface area contributed by atoms with Crippen LogP contribution in [0.15, 0.2) is 60.1 Å². The number of nitrogens with zero attached hydrogens (tertiary/aromatic N) is 4. The van der Waals surface area contributed by atoms with Crippen LogP contribution < -0.4 is 5.32 Å². The second-order valence-electron chi connectivity index (χ2n) is 8.01. The number of hydrogen-bond acceptors (Lipinski definition) is 6. The first kappa shape index (κ1) is 19.4. The summed E-state index contributed by atoms with van der Waals surface area (Å²) in [5.41, 5.74) is 5.08. The van der Waals surface area contributed by atoms with Gasteiger partial charge in [0.2, 0.25) is 0 Å². The van der Waals surface area contributed by atoms with Gasteiger partial charge in [-0.1, -0.05) is 12.1 Å². The summed E-state index contributed by atoms with van der Waals surface area (Å²) in [7, 11) is 3.48. The van der Waals surface area contributed by atoms with E-state index in [0.717, 1.165) is 49.1 Å². The highest BCUT2D eigenvalue weighted by atomic mass is 32.1. The zero-order chi connectivity index (χ0) is 22.5. The van der Waals surface area contributed by atoms with Crippen molar-refractivity contribution >= 4 is 60.8 Å². The number of fused-ring (bicyclic) bond motifs is 3. The normalized spacial score (nSPS) is 11.5. The number of aromatic nitrogens is 5. The van der Waals surface area contributed by atoms with Crippen molar-refractivity contribution in [3.8, 4) is 11.4 Å². The van der Waals surface area contributed by atoms with Gasteiger partial charge in [-0.05, 0) is 41.8 Å². The molecule has 6 rings (SSSR count). The van der Waals surface area contributed by atoms with Crippen LogP contribution >= 0.6 is 11.3 Å². The van der Waals surface area contributed by atoms with Crippen LogP contribution in [0.1, 0.15) is 10.5 Å². The Morgan fingerprint density at radius 2 is 1.91 bits per heavy atom. The summed E-state index contributed by atoms with van der Waals surface area (Å²) in [6.45, 7) is 0. The largest absolute Gasteiger partial charge is 0.351 e. The van der Waals surface area contributed by atoms with Gasteiger partial charge in [-0.25, -0.2) is 9.97 Å². The van der Waals surface area contributed by atoms with Gasteiger partial charge < -0.3 is 15.2 Å². The third-order valence-corrected chi connectivity index (χ3v) is 6.43. The molecule has 0 fully saturated rings. The van der Waals surface area contributed by atoms with Gasteiger partial charge in [0, 0.05) is 41.6 Å². The number of H-pyrrole nitrogens is 2. The molecule has 0 aliphatic rings. The van der Waals surface area contributed by atoms with Gasteiger partial charge >= 0.3 is 0 Å². The SMILES string of the molecule is CN(C)C(=O)c1cc2ccc(-c3nc(Nc4ccc5[nH]ncc5c4)c4sccc4n3)cc2[nH]1. The molecule has 3 N–H and O–H groups in total. The molecule has 6 aromatic rings. The average Bonchev–Trinajstić information content (AvgIpc) is 3.56. The molecular weight excluding hydrogens is 434 g/mol. The van der Waals surface area contributed by atoms with E-state index in [0.29, 0.717) is 11.5 Å². The lowest BCUT2D eigenvalue weighted by Crippen LogP contribution is -2.21. The molecule has 0 unspecified atom stereocenters. The molecule has 4 heterocycles. The zero-order valence-corrected chi connectivity index (χ0v) is 18.7. The highest BCUT2D eigenvalue weighted by Crippen LogP contribution is 2.32. The molecule has 0 saturated carbocycles. The summed E-state index contributed by atoms with van der Waals surface area (Å²) in [5.74, 6) is 1.30. The second-order valence-corrected chi connectivity index (χ2v) is 8.93. The molecule has 0 atom stereocenters. The molecule has 0 aliphatic heterocycles. The summed E-state index contributed by atoms with van der Waals surface area (Å²) in [6, 6.07) is 15.8. The lowest BCUT2D eigenvalue weighted by atomic mass is 10.1. The van der Waals surface area contributed by atoms with Crippen LogP contribution in [0.3, 0.4) is 0 Å². The van der Waals surface area contributed by atoms with Gasteiger partial charge in [-0.15, -0.1) is 11.3 Å². The van der Waals surface area contributed by atoms with Gasteiger partial charge in [0.15, 0.2) is 11.6 Å². The van der Waals surface area contributed by atoms with Crippen molar-refractivity contribution in [2.45, 2.75) is 0 Å². The van der Waals surface area contributed by atoms with Gasteiger partial charge in [-0.3, -0.25) is 9.89 Å². The predicted octanol–water partition coefficient (Wildman–Crippen LogP) is 5.16. The van der Waals surface area contributed by atoms with E-state index in [1.165, 1.54) is 0 Å². The van der Waals surface area contributed by atoms with E-state index in [4.69, 9.17) is 9.97 Å². The quantitative estimate of drug-likeness (QED) is 0.342. The molecule has 162 valence electrons. The number of benzene rings is 2. The lowest BCUT2D eigenvalue weighted by molar-refractivity contribution is 0.0823. The van der Waals surface area contributed by atoms with Crippen LogP contribution in [-0.4, -0.2) is 50.1 Å². The number of hydrogen-bond donors (Lipinski definition) is 3. The van der Waals surface area contributed by atoms with E-state index in [1.807, 2.05) is 53.9 Å². The number of nitrogens with one attached hydrogen (secondary N) is 3. The summed E-state index contributed by atoms with van der Waals surface area (Å²) < 4.78 is 0.992. The van der Waals surface area contributed by atoms with Crippen LogP contribution in [0, 0.1) is 0 Å². The minimum Gasteiger partial charge on any atom is -0.351 e. The topological polar surface area (TPSA) is 103 Å². The highest BCUT2D eigenvalue weighted by molar-refractivity contribution is 7.17. The van der Waals surface area contributed by atoms with Crippen LogP contribution in [0.5, 0.6) is 0 Å². The van der Waals surface area contributed by atoms with E-state index in [1.54, 1.807) is 36.5 Å². The second kappa shape index (κ2) is 7.42. The number of anilines is 2. The first-order valence-corrected chi connectivity index (χ1v) is 11.2. The average molecular weight is 454 g/mol. The summed E-state index contributed by atoms with van der Waals surface area (Å²) >= 11 is 1.60. The fourth-order valence-corrected chi connectivity index (χ4v) is 4.63. The first-order valence-electron chi connectivity index (χ1n) is 10.4. The third kappa shape index (κ3) is 3.39. The Balaban J connectivity index is 1.42. The maximum absolute atomic E-state index is 12.3. The van der Waals surface area contributed by atoms with E-state index >= 15 is 0 Å². The maximum Gasteiger partial charge on any atom is 0.269 e. The summed E-state index contributed by atoms with van der Waals surface area (Å²) in [5, 5.41) is 14.5. The number of carbonyl (C=O) groups is 1. The van der Waals surface area contributed by atoms with Crippen molar-refractivity contribution in [2.24, 2.45) is 0 Å². The Labute approximate surface area is 192 Å². The van der Waals surface area contributed by atoms with E-state index in [-0.39, 0.29) is 5.91 Å². The Kier molecular flexibility index (Phi) is 4.37. The molecule has 1 amide bonds. The van der Waals surface area contributed by atoms with Crippen molar-refractivity contribution in [1.82, 2.24) is 30.0 Å². The molecule has 0 spiro atoms. The fourth-order valence-electron chi connectivity index (χ4n) is 3.86. The van der Waals surface area contributed by atoms with Gasteiger partial charge in [0.1, 0.15) is 5.69 Å². The number of aromatic amines is 2. The third-order valence-electron chi connectivity index (χ3n) is 5.52. The summed E-state index contributed by atoms with van der Waals surface area (Å²) in [4.78, 5) is 26.7. The molecule has 0 bridgehead atoms. The number of thiophene rings is 1. The minimum absolute atomic E-state index is 0.0650. The van der Waals surface area contributed by atoms with Crippen molar-refractivity contribution in [1.29, 1.82) is 0 Å². The van der Waals surface area contributed by atoms with E-state index in [9.17, 15) is 4.79 Å². The molecule has 2 aromatic carbocycles. The number of carbonyl (C=O) groups excluding carboxylic acids is 1. The standard InChI is InChI=1S/C24H19N7OS/c1-31(2)24(32)20-10-13-3-4-14(11-19(13)27-20)22-28-18-7-8-33-21(18)23(29-22)26-16-5-6-17-15(9-16)12-25-30-17/h3-12,27H,1-2H3,(H,25,30)(H,26,28,29). The zero-order valence-electron chi connectivity index (χ0n) is 17.9. The fraction of sp³-hybridized carbons (Fsp3) is 0.0833. The van der Waals surface area contributed by atoms with Crippen LogP contribution in [0.4, 0.5) is 11.5 Å². The molecule has 9 heteroatoms. The highest BCUT2D eigenvalue weighted by Gasteiger charge is 2.15. The van der Waals surface area contributed by atoms with E-state index in [2.05, 4.69) is 20.5 Å². The van der Waals surface area contributed by atoms with Gasteiger partial charge in [0.05, 0.1) is 21.9 Å². The van der Waals surface area contributed by atoms with Crippen molar-refractivity contribution < 1.29 is 4.79 Å². The molecule has 4 aromatic heterocycles. The Hall–Kier alpha value is -4.24. The molecular formula is C24H19N7OS. The number of rotatable bonds is 4. The predicted molar refractivity (Wildman–Crippen MR) is 132 cm³/mol. The van der Waals surface area contributed by atoms with Crippen LogP contribution in [0.25, 0.3) is 43.4 Å². The lowest BCUT2D eigenvalue weighted by Gasteiger charge is -2.09. The van der Waals surface area contributed by atoms with Crippen molar-refractivity contribution in [2.75, 3.05) is 19.4 Å². The molecule has 0 radical (unpaired) electrons. The maximum atomic E-state index is 12.3. The van der Waals surface area contributed by atoms with Crippen molar-refractivity contribution in [3.05, 3.63) is 65.8 Å². The van der Waals surface area contributed by atoms with Crippen LogP contribution in [-0.2, 0) is 0 Å². The first-order chi connectivity index (χ1) is 16.0. The monoisotopic (exact) mass is 453 g/mol. The molecule has 0 aliphatic carbocycles. The Bertz CT molecular complexity index is 1660. The van der Waals surface area contributed by atoms with Crippen LogP contribution in [0.2, 0.25) is 0 Å². The minimum atomic E-state index is -0.0650. The van der Waals surface area contributed by atoms with E-state index < -0.39 is 0 Å². The smallest absolute Gasteiger partial charge is 0.269 e. The Morgan fingerprint density at radius 3 is 2.79 bits per heavy atom.